The Morgan fingerprint density at radius 1 is 0.944 bits per heavy atom. The normalized spacial score (nSPS) is 15.0. The quantitative estimate of drug-likeness (QED) is 0.290. The highest BCUT2D eigenvalue weighted by Crippen LogP contribution is 2.45. The van der Waals surface area contributed by atoms with E-state index in [0.29, 0.717) is 22.5 Å². The van der Waals surface area contributed by atoms with Crippen molar-refractivity contribution >= 4 is 27.9 Å². The maximum atomic E-state index is 13.5. The maximum absolute atomic E-state index is 13.5. The van der Waals surface area contributed by atoms with Gasteiger partial charge in [-0.2, -0.15) is 0 Å². The summed E-state index contributed by atoms with van der Waals surface area (Å²) in [6.45, 7) is 0. The molecule has 1 aliphatic rings. The lowest BCUT2D eigenvalue weighted by Crippen LogP contribution is -2.25. The SMILES string of the molecule is COc1ccc2occ(C3CC(=O)Oc4cc(O)c5c(=O)c(-c6ccccc6)coc5c43)c(=O)c2c1. The van der Waals surface area contributed by atoms with Crippen molar-refractivity contribution < 1.29 is 28.2 Å². The highest BCUT2D eigenvalue weighted by Gasteiger charge is 2.35. The molecule has 0 radical (unpaired) electrons. The smallest absolute Gasteiger partial charge is 0.312 e. The number of hydrogen-bond donors (Lipinski definition) is 1. The van der Waals surface area contributed by atoms with Crippen LogP contribution in [0.3, 0.4) is 0 Å². The number of aromatic hydroxyl groups is 1. The van der Waals surface area contributed by atoms with Gasteiger partial charge in [-0.15, -0.1) is 0 Å². The predicted molar refractivity (Wildman–Crippen MR) is 131 cm³/mol. The largest absolute Gasteiger partial charge is 0.507 e. The maximum Gasteiger partial charge on any atom is 0.312 e. The van der Waals surface area contributed by atoms with Crippen molar-refractivity contribution in [3.05, 3.63) is 98.7 Å². The van der Waals surface area contributed by atoms with Crippen LogP contribution in [0.5, 0.6) is 17.2 Å². The molecule has 2 aromatic heterocycles. The first-order valence-corrected chi connectivity index (χ1v) is 11.1. The summed E-state index contributed by atoms with van der Waals surface area (Å²) >= 11 is 0. The number of ether oxygens (including phenoxy) is 2. The van der Waals surface area contributed by atoms with E-state index in [4.69, 9.17) is 18.3 Å². The molecule has 8 heteroatoms. The highest BCUT2D eigenvalue weighted by molar-refractivity contribution is 5.94. The number of fused-ring (bicyclic) bond motifs is 4. The first-order chi connectivity index (χ1) is 17.5. The Morgan fingerprint density at radius 3 is 2.53 bits per heavy atom. The highest BCUT2D eigenvalue weighted by atomic mass is 16.5. The lowest BCUT2D eigenvalue weighted by atomic mass is 9.85. The fourth-order valence-electron chi connectivity index (χ4n) is 4.71. The van der Waals surface area contributed by atoms with Gasteiger partial charge in [0, 0.05) is 23.1 Å². The number of phenols is 1. The summed E-state index contributed by atoms with van der Waals surface area (Å²) in [4.78, 5) is 39.4. The molecular formula is C28H18O8. The summed E-state index contributed by atoms with van der Waals surface area (Å²) in [7, 11) is 1.49. The number of carbonyl (C=O) groups excluding carboxylic acids is 1. The second kappa shape index (κ2) is 8.13. The molecule has 8 nitrogen and oxygen atoms in total. The molecule has 1 N–H and O–H groups in total. The second-order valence-electron chi connectivity index (χ2n) is 8.47. The van der Waals surface area contributed by atoms with Crippen LogP contribution in [0.25, 0.3) is 33.1 Å². The van der Waals surface area contributed by atoms with Crippen molar-refractivity contribution in [3.63, 3.8) is 0 Å². The van der Waals surface area contributed by atoms with Gasteiger partial charge in [0.15, 0.2) is 5.43 Å². The summed E-state index contributed by atoms with van der Waals surface area (Å²) in [5, 5.41) is 10.9. The standard InChI is InChI=1S/C28H18O8/c1-33-15-7-8-21-17(9-15)26(31)19(13-34-21)16-10-23(30)36-22-11-20(29)25-27(32)18(12-35-28(25)24(16)22)14-5-3-2-4-6-14/h2-9,11-13,16,29H,10H2,1H3. The third-order valence-electron chi connectivity index (χ3n) is 6.44. The van der Waals surface area contributed by atoms with Crippen LogP contribution in [0.15, 0.2) is 85.5 Å². The summed E-state index contributed by atoms with van der Waals surface area (Å²) in [6.07, 6.45) is 2.43. The van der Waals surface area contributed by atoms with Crippen LogP contribution in [-0.2, 0) is 4.79 Å². The van der Waals surface area contributed by atoms with Crippen LogP contribution in [0, 0.1) is 0 Å². The first kappa shape index (κ1) is 21.7. The van der Waals surface area contributed by atoms with Gasteiger partial charge in [-0.05, 0) is 23.8 Å². The third kappa shape index (κ3) is 3.26. The fraction of sp³-hybridized carbons (Fsp3) is 0.107. The number of methoxy groups -OCH3 is 1. The van der Waals surface area contributed by atoms with Gasteiger partial charge in [-0.3, -0.25) is 14.4 Å². The zero-order valence-corrected chi connectivity index (χ0v) is 18.9. The minimum atomic E-state index is -0.832. The van der Waals surface area contributed by atoms with Gasteiger partial charge >= 0.3 is 5.97 Å². The Balaban J connectivity index is 1.62. The van der Waals surface area contributed by atoms with Gasteiger partial charge in [0.25, 0.3) is 0 Å². The van der Waals surface area contributed by atoms with E-state index in [9.17, 15) is 19.5 Å². The average molecular weight is 482 g/mol. The molecule has 0 amide bonds. The molecule has 36 heavy (non-hydrogen) atoms. The summed E-state index contributed by atoms with van der Waals surface area (Å²) in [5.74, 6) is -1.33. The van der Waals surface area contributed by atoms with Crippen molar-refractivity contribution in [2.75, 3.05) is 7.11 Å². The molecular weight excluding hydrogens is 464 g/mol. The molecule has 1 unspecified atom stereocenters. The lowest BCUT2D eigenvalue weighted by Gasteiger charge is -2.25. The van der Waals surface area contributed by atoms with E-state index in [2.05, 4.69) is 0 Å². The van der Waals surface area contributed by atoms with Crippen LogP contribution in [0.2, 0.25) is 0 Å². The van der Waals surface area contributed by atoms with Crippen LogP contribution >= 0.6 is 0 Å². The van der Waals surface area contributed by atoms with E-state index in [0.717, 1.165) is 0 Å². The van der Waals surface area contributed by atoms with E-state index >= 15 is 0 Å². The van der Waals surface area contributed by atoms with Gasteiger partial charge in [0.05, 0.1) is 30.7 Å². The van der Waals surface area contributed by atoms with Gasteiger partial charge in [-0.25, -0.2) is 0 Å². The fourth-order valence-corrected chi connectivity index (χ4v) is 4.71. The van der Waals surface area contributed by atoms with Gasteiger partial charge in [0.2, 0.25) is 5.43 Å². The minimum absolute atomic E-state index is 0.0157. The van der Waals surface area contributed by atoms with Gasteiger partial charge in [0.1, 0.15) is 40.1 Å². The molecule has 0 bridgehead atoms. The van der Waals surface area contributed by atoms with Crippen LogP contribution in [0.1, 0.15) is 23.5 Å². The second-order valence-corrected chi connectivity index (χ2v) is 8.47. The lowest BCUT2D eigenvalue weighted by molar-refractivity contribution is -0.135. The number of esters is 1. The number of phenolic OH excluding ortho intramolecular Hbond substituents is 1. The molecule has 1 aliphatic heterocycles. The van der Waals surface area contributed by atoms with Crippen molar-refractivity contribution in [1.82, 2.24) is 0 Å². The molecule has 6 rings (SSSR count). The van der Waals surface area contributed by atoms with Crippen LogP contribution in [0.4, 0.5) is 0 Å². The molecule has 178 valence electrons. The zero-order chi connectivity index (χ0) is 25.0. The predicted octanol–water partition coefficient (Wildman–Crippen LogP) is 4.72. The van der Waals surface area contributed by atoms with E-state index in [1.807, 2.05) is 6.07 Å². The molecule has 3 aromatic carbocycles. The molecule has 0 aliphatic carbocycles. The Morgan fingerprint density at radius 2 is 1.75 bits per heavy atom. The number of benzene rings is 3. The Labute approximate surface area is 202 Å². The Hall–Kier alpha value is -4.85. The third-order valence-corrected chi connectivity index (χ3v) is 6.44. The summed E-state index contributed by atoms with van der Waals surface area (Å²) in [5.41, 5.74) is 0.982. The zero-order valence-electron chi connectivity index (χ0n) is 18.9. The van der Waals surface area contributed by atoms with Gasteiger partial charge in [-0.1, -0.05) is 30.3 Å². The van der Waals surface area contributed by atoms with E-state index in [1.54, 1.807) is 42.5 Å². The molecule has 0 fully saturated rings. The number of carbonyl (C=O) groups is 1. The number of hydrogen-bond acceptors (Lipinski definition) is 8. The molecule has 0 spiro atoms. The van der Waals surface area contributed by atoms with Crippen molar-refractivity contribution in [3.8, 4) is 28.4 Å². The summed E-state index contributed by atoms with van der Waals surface area (Å²) in [6, 6.07) is 15.0. The van der Waals surface area contributed by atoms with Crippen LogP contribution < -0.4 is 20.3 Å². The van der Waals surface area contributed by atoms with Crippen molar-refractivity contribution in [2.45, 2.75) is 12.3 Å². The van der Waals surface area contributed by atoms with E-state index in [-0.39, 0.29) is 50.8 Å². The topological polar surface area (TPSA) is 116 Å². The van der Waals surface area contributed by atoms with E-state index < -0.39 is 17.3 Å². The molecule has 5 aromatic rings. The molecule has 3 heterocycles. The average Bonchev–Trinajstić information content (AvgIpc) is 2.88. The van der Waals surface area contributed by atoms with E-state index in [1.165, 1.54) is 25.7 Å². The van der Waals surface area contributed by atoms with Crippen molar-refractivity contribution in [1.29, 1.82) is 0 Å². The van der Waals surface area contributed by atoms with Crippen LogP contribution in [-0.4, -0.2) is 18.2 Å². The number of rotatable bonds is 3. The molecule has 1 atom stereocenters. The summed E-state index contributed by atoms with van der Waals surface area (Å²) < 4.78 is 22.2. The minimum Gasteiger partial charge on any atom is -0.507 e. The van der Waals surface area contributed by atoms with Gasteiger partial charge < -0.3 is 23.4 Å². The van der Waals surface area contributed by atoms with Crippen molar-refractivity contribution in [2.24, 2.45) is 0 Å². The Kier molecular flexibility index (Phi) is 4.89. The Bertz CT molecular complexity index is 1800. The molecule has 0 saturated heterocycles. The first-order valence-electron chi connectivity index (χ1n) is 11.1. The monoisotopic (exact) mass is 482 g/mol. The molecule has 0 saturated carbocycles.